The predicted octanol–water partition coefficient (Wildman–Crippen LogP) is 4.70. The largest absolute Gasteiger partial charge is 0.445 e. The van der Waals surface area contributed by atoms with Crippen molar-refractivity contribution in [2.45, 2.75) is 84.8 Å². The van der Waals surface area contributed by atoms with Gasteiger partial charge in [-0.05, 0) is 60.9 Å². The highest BCUT2D eigenvalue weighted by Crippen LogP contribution is 2.37. The molecule has 3 radical (unpaired) electrons. The Bertz CT molecular complexity index is 800. The molecule has 0 aromatic heterocycles. The molecule has 31 heavy (non-hydrogen) atoms. The number of rotatable bonds is 8. The van der Waals surface area contributed by atoms with Crippen LogP contribution in [-0.4, -0.2) is 41.7 Å². The maximum Gasteiger partial charge on any atom is 0.407 e. The second-order valence-electron chi connectivity index (χ2n) is 9.57. The van der Waals surface area contributed by atoms with Crippen molar-refractivity contribution in [3.63, 3.8) is 0 Å². The topological polar surface area (TPSA) is 66.0 Å². The van der Waals surface area contributed by atoms with Gasteiger partial charge >= 0.3 is 6.09 Å². The lowest BCUT2D eigenvalue weighted by atomic mass is 9.77. The minimum Gasteiger partial charge on any atom is -0.445 e. The maximum atomic E-state index is 12.5. The van der Waals surface area contributed by atoms with Crippen LogP contribution in [0.5, 0.6) is 0 Å². The normalized spacial score (nSPS) is 19.2. The first-order chi connectivity index (χ1) is 14.4. The summed E-state index contributed by atoms with van der Waals surface area (Å²) < 4.78 is 22.3. The van der Waals surface area contributed by atoms with E-state index in [4.69, 9.17) is 18.6 Å². The molecule has 2 rings (SSSR count). The van der Waals surface area contributed by atoms with E-state index in [1.807, 2.05) is 13.8 Å². The van der Waals surface area contributed by atoms with Crippen LogP contribution in [0, 0.1) is 13.8 Å². The van der Waals surface area contributed by atoms with E-state index >= 15 is 0 Å². The number of ether oxygens (including phenoxy) is 3. The van der Waals surface area contributed by atoms with Crippen LogP contribution in [0.15, 0.2) is 18.7 Å². The highest BCUT2D eigenvalue weighted by Gasteiger charge is 2.36. The van der Waals surface area contributed by atoms with E-state index in [0.717, 1.165) is 16.7 Å². The number of benzene rings is 1. The zero-order valence-electron chi connectivity index (χ0n) is 19.9. The molecule has 6 nitrogen and oxygen atoms in total. The number of hydrogen-bond acceptors (Lipinski definition) is 5. The molecule has 171 valence electrons. The second-order valence-corrected chi connectivity index (χ2v) is 9.86. The first kappa shape index (κ1) is 25.6. The third-order valence-electron chi connectivity index (χ3n) is 5.47. The molecule has 0 spiro atoms. The summed E-state index contributed by atoms with van der Waals surface area (Å²) in [5.74, 6) is -0.637. The Morgan fingerprint density at radius 1 is 1.42 bits per heavy atom. The lowest BCUT2D eigenvalue weighted by Crippen LogP contribution is -2.34. The van der Waals surface area contributed by atoms with Crippen molar-refractivity contribution in [1.29, 1.82) is 0 Å². The molecule has 1 N–H and O–H groups in total. The summed E-state index contributed by atoms with van der Waals surface area (Å²) in [6, 6.07) is 1.82. The molecule has 2 unspecified atom stereocenters. The zero-order valence-corrected chi connectivity index (χ0v) is 20.9. The Balaban J connectivity index is 2.49. The van der Waals surface area contributed by atoms with Crippen molar-refractivity contribution < 1.29 is 23.4 Å². The Morgan fingerprint density at radius 2 is 2.10 bits per heavy atom. The highest BCUT2D eigenvalue weighted by molar-refractivity contribution is 5.97. The van der Waals surface area contributed by atoms with Crippen LogP contribution in [0.1, 0.15) is 74.9 Å². The van der Waals surface area contributed by atoms with Gasteiger partial charge in [0.1, 0.15) is 6.61 Å². The van der Waals surface area contributed by atoms with Crippen LogP contribution in [-0.2, 0) is 30.7 Å². The molecule has 0 bridgehead atoms. The van der Waals surface area contributed by atoms with Gasteiger partial charge in [0.05, 0.1) is 25.4 Å². The number of alkyl carbamates (subject to hydrolysis) is 1. The van der Waals surface area contributed by atoms with Crippen molar-refractivity contribution in [3.8, 4) is 0 Å². The van der Waals surface area contributed by atoms with Crippen LogP contribution in [0.4, 0.5) is 4.79 Å². The van der Waals surface area contributed by atoms with Gasteiger partial charge in [0.25, 0.3) is 0 Å². The SMILES string of the molecule is C=CCOC(=O)NC(CC1COC(C)(C)O1)c1cc(C)c(C(C)(C)C)c(C)c1CO[Si]. The molecule has 1 aromatic carbocycles. The van der Waals surface area contributed by atoms with Gasteiger partial charge in [0.15, 0.2) is 5.79 Å². The van der Waals surface area contributed by atoms with E-state index in [1.165, 1.54) is 11.1 Å². The summed E-state index contributed by atoms with van der Waals surface area (Å²) in [6.45, 7) is 19.2. The van der Waals surface area contributed by atoms with Crippen molar-refractivity contribution >= 4 is 16.6 Å². The van der Waals surface area contributed by atoms with E-state index in [0.29, 0.717) is 19.6 Å². The number of nitrogens with one attached hydrogen (secondary N) is 1. The fourth-order valence-corrected chi connectivity index (χ4v) is 4.65. The number of amides is 1. The molecular formula is C24H36NO5Si. The van der Waals surface area contributed by atoms with Gasteiger partial charge in [-0.15, -0.1) is 0 Å². The van der Waals surface area contributed by atoms with Crippen molar-refractivity contribution in [2.24, 2.45) is 0 Å². The summed E-state index contributed by atoms with van der Waals surface area (Å²) in [7, 11) is 3.17. The van der Waals surface area contributed by atoms with Crippen LogP contribution >= 0.6 is 0 Å². The molecular weight excluding hydrogens is 410 g/mol. The molecule has 1 aromatic rings. The molecule has 1 fully saturated rings. The van der Waals surface area contributed by atoms with Gasteiger partial charge in [-0.25, -0.2) is 4.79 Å². The van der Waals surface area contributed by atoms with E-state index in [2.05, 4.69) is 63.1 Å². The van der Waals surface area contributed by atoms with Crippen molar-refractivity contribution in [2.75, 3.05) is 13.2 Å². The fourth-order valence-electron chi connectivity index (χ4n) is 4.51. The Kier molecular flexibility index (Phi) is 8.50. The molecule has 0 aliphatic carbocycles. The first-order valence-corrected chi connectivity index (χ1v) is 11.1. The summed E-state index contributed by atoms with van der Waals surface area (Å²) >= 11 is 0. The quantitative estimate of drug-likeness (QED) is 0.463. The fraction of sp³-hybridized carbons (Fsp3) is 0.625. The van der Waals surface area contributed by atoms with Crippen LogP contribution in [0.2, 0.25) is 0 Å². The molecule has 2 atom stereocenters. The lowest BCUT2D eigenvalue weighted by Gasteiger charge is -2.31. The van der Waals surface area contributed by atoms with Crippen LogP contribution in [0.25, 0.3) is 0 Å². The molecule has 1 aliphatic rings. The summed E-state index contributed by atoms with van der Waals surface area (Å²) in [5, 5.41) is 3.02. The number of carbonyl (C=O) groups is 1. The van der Waals surface area contributed by atoms with Gasteiger partial charge in [-0.1, -0.05) is 39.5 Å². The lowest BCUT2D eigenvalue weighted by molar-refractivity contribution is -0.139. The third-order valence-corrected chi connectivity index (χ3v) is 5.62. The van der Waals surface area contributed by atoms with E-state index in [9.17, 15) is 4.79 Å². The first-order valence-electron chi connectivity index (χ1n) is 10.7. The monoisotopic (exact) mass is 446 g/mol. The summed E-state index contributed by atoms with van der Waals surface area (Å²) in [4.78, 5) is 12.5. The van der Waals surface area contributed by atoms with Gasteiger partial charge in [0, 0.05) is 6.42 Å². The number of aryl methyl sites for hydroxylation is 1. The molecule has 1 heterocycles. The number of carbonyl (C=O) groups excluding carboxylic acids is 1. The van der Waals surface area contributed by atoms with Gasteiger partial charge in [-0.3, -0.25) is 0 Å². The average Bonchev–Trinajstić information content (AvgIpc) is 2.99. The van der Waals surface area contributed by atoms with Crippen molar-refractivity contribution in [3.05, 3.63) is 46.5 Å². The Morgan fingerprint density at radius 3 is 2.61 bits per heavy atom. The summed E-state index contributed by atoms with van der Waals surface area (Å²) in [5.41, 5.74) is 5.63. The minimum absolute atomic E-state index is 0.0224. The Labute approximate surface area is 190 Å². The molecule has 1 aliphatic heterocycles. The van der Waals surface area contributed by atoms with Gasteiger partial charge in [0.2, 0.25) is 10.5 Å². The van der Waals surface area contributed by atoms with E-state index in [1.54, 1.807) is 6.08 Å². The third kappa shape index (κ3) is 6.65. The van der Waals surface area contributed by atoms with Crippen LogP contribution in [0.3, 0.4) is 0 Å². The molecule has 1 amide bonds. The average molecular weight is 447 g/mol. The molecule has 0 saturated carbocycles. The smallest absolute Gasteiger partial charge is 0.407 e. The standard InChI is InChI=1S/C24H36NO5Si/c1-9-10-27-22(26)25-20(12-17-13-28-24(7,8)30-17)18-11-15(2)21(23(4,5)6)16(3)19(18)14-29-31/h9,11,17,20H,1,10,12-14H2,2-8H3,(H,25,26). The van der Waals surface area contributed by atoms with Gasteiger partial charge < -0.3 is 24.0 Å². The highest BCUT2D eigenvalue weighted by atomic mass is 28.2. The van der Waals surface area contributed by atoms with E-state index < -0.39 is 11.9 Å². The minimum atomic E-state index is -0.637. The predicted molar refractivity (Wildman–Crippen MR) is 122 cm³/mol. The number of hydrogen-bond donors (Lipinski definition) is 1. The molecule has 1 saturated heterocycles. The molecule has 7 heteroatoms. The Hall–Kier alpha value is -1.67. The summed E-state index contributed by atoms with van der Waals surface area (Å²) in [6.07, 6.45) is 1.44. The maximum absolute atomic E-state index is 12.5. The van der Waals surface area contributed by atoms with Crippen LogP contribution < -0.4 is 5.32 Å². The van der Waals surface area contributed by atoms with Crippen molar-refractivity contribution in [1.82, 2.24) is 5.32 Å². The van der Waals surface area contributed by atoms with Gasteiger partial charge in [-0.2, -0.15) is 0 Å². The second kappa shape index (κ2) is 10.3. The van der Waals surface area contributed by atoms with E-state index in [-0.39, 0.29) is 24.2 Å². The zero-order chi connectivity index (χ0) is 23.4.